The van der Waals surface area contributed by atoms with E-state index in [-0.39, 0.29) is 31.4 Å². The Labute approximate surface area is 128 Å². The summed E-state index contributed by atoms with van der Waals surface area (Å²) in [5, 5.41) is 2.57. The van der Waals surface area contributed by atoms with Gasteiger partial charge in [-0.3, -0.25) is 9.59 Å². The Morgan fingerprint density at radius 2 is 1.95 bits per heavy atom. The van der Waals surface area contributed by atoms with Crippen molar-refractivity contribution < 1.29 is 19.1 Å². The molecule has 114 valence electrons. The molecule has 0 aliphatic rings. The molecule has 3 N–H and O–H groups in total. The van der Waals surface area contributed by atoms with Crippen LogP contribution in [0.2, 0.25) is 0 Å². The van der Waals surface area contributed by atoms with Crippen LogP contribution < -0.4 is 15.8 Å². The van der Waals surface area contributed by atoms with E-state index < -0.39 is 0 Å². The lowest BCUT2D eigenvalue weighted by molar-refractivity contribution is -0.143. The molecule has 0 radical (unpaired) electrons. The van der Waals surface area contributed by atoms with Crippen LogP contribution in [0.15, 0.2) is 24.3 Å². The molecule has 0 spiro atoms. The van der Waals surface area contributed by atoms with Crippen LogP contribution in [0.3, 0.4) is 0 Å². The Balaban J connectivity index is 2.26. The summed E-state index contributed by atoms with van der Waals surface area (Å²) in [6.07, 6.45) is 0.141. The number of benzene rings is 1. The minimum Gasteiger partial charge on any atom is -0.484 e. The molecule has 1 rings (SSSR count). The van der Waals surface area contributed by atoms with Gasteiger partial charge >= 0.3 is 5.97 Å². The van der Waals surface area contributed by atoms with Gasteiger partial charge in [0.25, 0.3) is 5.91 Å². The molecule has 1 aromatic rings. The van der Waals surface area contributed by atoms with E-state index >= 15 is 0 Å². The molecule has 0 fully saturated rings. The summed E-state index contributed by atoms with van der Waals surface area (Å²) >= 11 is 4.83. The van der Waals surface area contributed by atoms with E-state index in [1.54, 1.807) is 31.2 Å². The Bertz CT molecular complexity index is 502. The van der Waals surface area contributed by atoms with Crippen molar-refractivity contribution in [3.63, 3.8) is 0 Å². The molecule has 7 heteroatoms. The summed E-state index contributed by atoms with van der Waals surface area (Å²) in [6, 6.07) is 6.80. The van der Waals surface area contributed by atoms with Crippen LogP contribution in [0.1, 0.15) is 18.9 Å². The predicted octanol–water partition coefficient (Wildman–Crippen LogP) is 0.769. The van der Waals surface area contributed by atoms with E-state index in [4.69, 9.17) is 27.4 Å². The third kappa shape index (κ3) is 6.71. The molecule has 0 atom stereocenters. The van der Waals surface area contributed by atoms with E-state index in [0.29, 0.717) is 17.3 Å². The van der Waals surface area contributed by atoms with Crippen molar-refractivity contribution >= 4 is 29.1 Å². The molecule has 0 heterocycles. The highest BCUT2D eigenvalue weighted by atomic mass is 32.1. The van der Waals surface area contributed by atoms with Crippen LogP contribution in [0.4, 0.5) is 0 Å². The monoisotopic (exact) mass is 310 g/mol. The van der Waals surface area contributed by atoms with Crippen molar-refractivity contribution in [2.45, 2.75) is 13.3 Å². The highest BCUT2D eigenvalue weighted by molar-refractivity contribution is 7.80. The maximum absolute atomic E-state index is 11.5. The van der Waals surface area contributed by atoms with Crippen LogP contribution >= 0.6 is 12.2 Å². The molecule has 0 aliphatic heterocycles. The number of amides is 1. The van der Waals surface area contributed by atoms with Crippen molar-refractivity contribution in [3.05, 3.63) is 29.8 Å². The maximum Gasteiger partial charge on any atom is 0.307 e. The van der Waals surface area contributed by atoms with E-state index in [9.17, 15) is 9.59 Å². The van der Waals surface area contributed by atoms with Crippen molar-refractivity contribution in [1.29, 1.82) is 0 Å². The van der Waals surface area contributed by atoms with E-state index in [0.717, 1.165) is 5.56 Å². The maximum atomic E-state index is 11.5. The fraction of sp³-hybridized carbons (Fsp3) is 0.357. The topological polar surface area (TPSA) is 90.6 Å². The lowest BCUT2D eigenvalue weighted by Gasteiger charge is -2.08. The normalized spacial score (nSPS) is 9.76. The van der Waals surface area contributed by atoms with E-state index in [1.165, 1.54) is 0 Å². The highest BCUT2D eigenvalue weighted by Crippen LogP contribution is 2.11. The second-order valence-corrected chi connectivity index (χ2v) is 4.52. The number of nitrogens with one attached hydrogen (secondary N) is 1. The van der Waals surface area contributed by atoms with Gasteiger partial charge in [-0.2, -0.15) is 0 Å². The van der Waals surface area contributed by atoms with Gasteiger partial charge in [0.1, 0.15) is 10.7 Å². The second kappa shape index (κ2) is 8.91. The standard InChI is InChI=1S/C14H18N2O4S/c1-2-19-13(18)7-8-16-12(17)9-20-11-5-3-10(4-6-11)14(15)21/h3-6H,2,7-9H2,1H3,(H2,15,21)(H,16,17). The third-order valence-corrected chi connectivity index (χ3v) is 2.70. The molecule has 0 aromatic heterocycles. The van der Waals surface area contributed by atoms with Crippen molar-refractivity contribution in [2.24, 2.45) is 5.73 Å². The number of ether oxygens (including phenoxy) is 2. The SMILES string of the molecule is CCOC(=O)CCNC(=O)COc1ccc(C(N)=S)cc1. The summed E-state index contributed by atoms with van der Waals surface area (Å²) < 4.78 is 10.0. The molecular weight excluding hydrogens is 292 g/mol. The molecule has 0 saturated heterocycles. The quantitative estimate of drug-likeness (QED) is 0.544. The fourth-order valence-corrected chi connectivity index (χ4v) is 1.59. The van der Waals surface area contributed by atoms with Gasteiger partial charge in [0.15, 0.2) is 6.61 Å². The van der Waals surface area contributed by atoms with Crippen LogP contribution in [0.5, 0.6) is 5.75 Å². The minimum absolute atomic E-state index is 0.130. The first-order chi connectivity index (χ1) is 10.0. The summed E-state index contributed by atoms with van der Waals surface area (Å²) in [5.74, 6) is -0.111. The van der Waals surface area contributed by atoms with Crippen molar-refractivity contribution in [2.75, 3.05) is 19.8 Å². The zero-order valence-corrected chi connectivity index (χ0v) is 12.6. The summed E-state index contributed by atoms with van der Waals surface area (Å²) in [4.78, 5) is 22.9. The van der Waals surface area contributed by atoms with Gasteiger partial charge < -0.3 is 20.5 Å². The van der Waals surface area contributed by atoms with Crippen LogP contribution in [-0.4, -0.2) is 36.6 Å². The predicted molar refractivity (Wildman–Crippen MR) is 82.1 cm³/mol. The molecule has 21 heavy (non-hydrogen) atoms. The van der Waals surface area contributed by atoms with Gasteiger partial charge in [-0.1, -0.05) is 12.2 Å². The zero-order chi connectivity index (χ0) is 15.7. The minimum atomic E-state index is -0.341. The molecular formula is C14H18N2O4S. The van der Waals surface area contributed by atoms with Crippen molar-refractivity contribution in [3.8, 4) is 5.75 Å². The molecule has 0 unspecified atom stereocenters. The van der Waals surface area contributed by atoms with Gasteiger partial charge in [0.2, 0.25) is 0 Å². The summed E-state index contributed by atoms with van der Waals surface area (Å²) in [5.41, 5.74) is 6.21. The average molecular weight is 310 g/mol. The average Bonchev–Trinajstić information content (AvgIpc) is 2.46. The third-order valence-electron chi connectivity index (χ3n) is 2.47. The molecule has 0 saturated carbocycles. The Morgan fingerprint density at radius 1 is 1.29 bits per heavy atom. The Kier molecular flexibility index (Phi) is 7.17. The van der Waals surface area contributed by atoms with Gasteiger partial charge in [0, 0.05) is 12.1 Å². The van der Waals surface area contributed by atoms with Gasteiger partial charge in [-0.25, -0.2) is 0 Å². The summed E-state index contributed by atoms with van der Waals surface area (Å²) in [6.45, 7) is 2.15. The van der Waals surface area contributed by atoms with Crippen molar-refractivity contribution in [1.82, 2.24) is 5.32 Å². The molecule has 1 amide bonds. The molecule has 6 nitrogen and oxygen atoms in total. The fourth-order valence-electron chi connectivity index (χ4n) is 1.45. The van der Waals surface area contributed by atoms with E-state index in [2.05, 4.69) is 5.32 Å². The number of thiocarbonyl (C=S) groups is 1. The molecule has 0 aliphatic carbocycles. The number of rotatable bonds is 8. The van der Waals surface area contributed by atoms with Crippen LogP contribution in [0.25, 0.3) is 0 Å². The largest absolute Gasteiger partial charge is 0.484 e. The van der Waals surface area contributed by atoms with E-state index in [1.807, 2.05) is 0 Å². The Hall–Kier alpha value is -2.15. The number of hydrogen-bond acceptors (Lipinski definition) is 5. The number of nitrogens with two attached hydrogens (primary N) is 1. The highest BCUT2D eigenvalue weighted by Gasteiger charge is 2.05. The smallest absolute Gasteiger partial charge is 0.307 e. The van der Waals surface area contributed by atoms with Gasteiger partial charge in [-0.15, -0.1) is 0 Å². The number of carbonyl (C=O) groups excluding carboxylic acids is 2. The number of hydrogen-bond donors (Lipinski definition) is 2. The lowest BCUT2D eigenvalue weighted by atomic mass is 10.2. The Morgan fingerprint density at radius 3 is 2.52 bits per heavy atom. The first-order valence-corrected chi connectivity index (χ1v) is 6.88. The van der Waals surface area contributed by atoms with Crippen LogP contribution in [-0.2, 0) is 14.3 Å². The zero-order valence-electron chi connectivity index (χ0n) is 11.8. The first kappa shape index (κ1) is 16.9. The lowest BCUT2D eigenvalue weighted by Crippen LogP contribution is -2.31. The first-order valence-electron chi connectivity index (χ1n) is 6.48. The molecule has 0 bridgehead atoms. The number of carbonyl (C=O) groups is 2. The summed E-state index contributed by atoms with van der Waals surface area (Å²) in [7, 11) is 0. The van der Waals surface area contributed by atoms with Gasteiger partial charge in [-0.05, 0) is 31.2 Å². The second-order valence-electron chi connectivity index (χ2n) is 4.08. The number of esters is 1. The van der Waals surface area contributed by atoms with Crippen LogP contribution in [0, 0.1) is 0 Å². The molecule has 1 aromatic carbocycles. The van der Waals surface area contributed by atoms with Gasteiger partial charge in [0.05, 0.1) is 13.0 Å².